The maximum Gasteiger partial charge on any atom is 0.386 e. The standard InChI is InChI=1S/C11H17F3N2O3Si/c1-8(20(2,3)6-11(12,13)14)19-7-16-5-4-9(17)15-10(16)18/h4-5,8H,6-7H2,1-3H3,(H,15,17,18). The van der Waals surface area contributed by atoms with Crippen molar-refractivity contribution in [1.29, 1.82) is 0 Å². The number of halogens is 3. The van der Waals surface area contributed by atoms with E-state index in [4.69, 9.17) is 4.74 Å². The van der Waals surface area contributed by atoms with Gasteiger partial charge in [-0.15, -0.1) is 0 Å². The van der Waals surface area contributed by atoms with Crippen molar-refractivity contribution in [2.75, 3.05) is 0 Å². The van der Waals surface area contributed by atoms with Crippen molar-refractivity contribution >= 4 is 8.07 Å². The lowest BCUT2D eigenvalue weighted by Gasteiger charge is -2.30. The van der Waals surface area contributed by atoms with E-state index < -0.39 is 37.3 Å². The molecule has 1 aromatic heterocycles. The highest BCUT2D eigenvalue weighted by Crippen LogP contribution is 2.30. The minimum atomic E-state index is -4.22. The first kappa shape index (κ1) is 16.7. The van der Waals surface area contributed by atoms with Crippen LogP contribution < -0.4 is 11.2 Å². The highest BCUT2D eigenvalue weighted by molar-refractivity contribution is 6.78. The molecule has 0 aliphatic carbocycles. The number of ether oxygens (including phenoxy) is 1. The second-order valence-electron chi connectivity index (χ2n) is 5.30. The van der Waals surface area contributed by atoms with Crippen LogP contribution in [0.4, 0.5) is 13.2 Å². The molecule has 1 atom stereocenters. The van der Waals surface area contributed by atoms with Gasteiger partial charge < -0.3 is 4.74 Å². The molecule has 9 heteroatoms. The van der Waals surface area contributed by atoms with E-state index in [1.165, 1.54) is 6.20 Å². The van der Waals surface area contributed by atoms with Crippen molar-refractivity contribution in [3.8, 4) is 0 Å². The molecule has 0 bridgehead atoms. The molecular formula is C11H17F3N2O3Si. The van der Waals surface area contributed by atoms with E-state index in [1.807, 2.05) is 4.98 Å². The van der Waals surface area contributed by atoms with Crippen molar-refractivity contribution in [3.05, 3.63) is 33.1 Å². The van der Waals surface area contributed by atoms with Gasteiger partial charge in [0, 0.05) is 24.0 Å². The number of hydrogen-bond acceptors (Lipinski definition) is 3. The molecule has 1 N–H and O–H groups in total. The van der Waals surface area contributed by atoms with Crippen LogP contribution in [0, 0.1) is 0 Å². The van der Waals surface area contributed by atoms with Gasteiger partial charge in [0.25, 0.3) is 5.56 Å². The largest absolute Gasteiger partial charge is 0.386 e. The van der Waals surface area contributed by atoms with E-state index in [-0.39, 0.29) is 6.73 Å². The molecule has 0 saturated carbocycles. The lowest BCUT2D eigenvalue weighted by atomic mass is 10.6. The summed E-state index contributed by atoms with van der Waals surface area (Å²) in [6.07, 6.45) is -2.98. The summed E-state index contributed by atoms with van der Waals surface area (Å²) in [7, 11) is -2.66. The van der Waals surface area contributed by atoms with E-state index in [1.54, 1.807) is 20.0 Å². The fraction of sp³-hybridized carbons (Fsp3) is 0.636. The van der Waals surface area contributed by atoms with Gasteiger partial charge >= 0.3 is 11.9 Å². The van der Waals surface area contributed by atoms with Crippen molar-refractivity contribution in [3.63, 3.8) is 0 Å². The molecule has 0 amide bonds. The average molecular weight is 310 g/mol. The Labute approximate surface area is 114 Å². The van der Waals surface area contributed by atoms with E-state index in [0.717, 1.165) is 10.6 Å². The lowest BCUT2D eigenvalue weighted by molar-refractivity contribution is -0.112. The van der Waals surface area contributed by atoms with Crippen LogP contribution in [0.15, 0.2) is 21.9 Å². The molecule has 114 valence electrons. The number of nitrogens with zero attached hydrogens (tertiary/aromatic N) is 1. The summed E-state index contributed by atoms with van der Waals surface area (Å²) >= 11 is 0. The molecule has 0 spiro atoms. The van der Waals surface area contributed by atoms with E-state index >= 15 is 0 Å². The van der Waals surface area contributed by atoms with E-state index in [2.05, 4.69) is 0 Å². The van der Waals surface area contributed by atoms with Gasteiger partial charge in [0.1, 0.15) is 6.73 Å². The van der Waals surface area contributed by atoms with Gasteiger partial charge in [-0.25, -0.2) is 4.79 Å². The van der Waals surface area contributed by atoms with E-state index in [9.17, 15) is 22.8 Å². The normalized spacial score (nSPS) is 14.3. The zero-order valence-electron chi connectivity index (χ0n) is 11.5. The van der Waals surface area contributed by atoms with Crippen LogP contribution in [0.2, 0.25) is 19.1 Å². The van der Waals surface area contributed by atoms with Gasteiger partial charge in [-0.3, -0.25) is 14.3 Å². The van der Waals surface area contributed by atoms with Crippen LogP contribution in [-0.2, 0) is 11.5 Å². The number of nitrogens with one attached hydrogen (secondary N) is 1. The SMILES string of the molecule is CC(OCn1ccc(=O)[nH]c1=O)[Si](C)(C)CC(F)(F)F. The van der Waals surface area contributed by atoms with Crippen LogP contribution in [0.25, 0.3) is 0 Å². The number of aromatic nitrogens is 2. The predicted molar refractivity (Wildman–Crippen MR) is 70.2 cm³/mol. The Hall–Kier alpha value is -1.35. The molecule has 0 aliphatic heterocycles. The maximum absolute atomic E-state index is 12.5. The van der Waals surface area contributed by atoms with Crippen molar-refractivity contribution in [2.45, 2.75) is 44.7 Å². The Morgan fingerprint density at radius 2 is 2.00 bits per heavy atom. The third-order valence-electron chi connectivity index (χ3n) is 3.12. The first-order valence-corrected chi connectivity index (χ1v) is 9.28. The lowest BCUT2D eigenvalue weighted by Crippen LogP contribution is -2.45. The van der Waals surface area contributed by atoms with Gasteiger partial charge in [0.15, 0.2) is 0 Å². The predicted octanol–water partition coefficient (Wildman–Crippen LogP) is 1.71. The summed E-state index contributed by atoms with van der Waals surface area (Å²) < 4.78 is 43.9. The Bertz CT molecular complexity index is 565. The highest BCUT2D eigenvalue weighted by Gasteiger charge is 2.41. The van der Waals surface area contributed by atoms with Crippen molar-refractivity contribution in [2.24, 2.45) is 0 Å². The van der Waals surface area contributed by atoms with Crippen LogP contribution in [0.5, 0.6) is 0 Å². The van der Waals surface area contributed by atoms with Gasteiger partial charge in [-0.2, -0.15) is 13.2 Å². The van der Waals surface area contributed by atoms with Crippen LogP contribution in [0.3, 0.4) is 0 Å². The molecule has 1 heterocycles. The Kier molecular flexibility index (Phi) is 4.98. The monoisotopic (exact) mass is 310 g/mol. The van der Waals surface area contributed by atoms with Gasteiger partial charge in [-0.05, 0) is 6.92 Å². The van der Waals surface area contributed by atoms with Gasteiger partial charge in [0.05, 0.1) is 8.07 Å². The summed E-state index contributed by atoms with van der Waals surface area (Å²) in [5.74, 6) is 0. The summed E-state index contributed by atoms with van der Waals surface area (Å²) in [6, 6.07) is 0.301. The second kappa shape index (κ2) is 5.96. The highest BCUT2D eigenvalue weighted by atomic mass is 28.3. The minimum absolute atomic E-state index is 0.189. The Morgan fingerprint density at radius 3 is 2.50 bits per heavy atom. The van der Waals surface area contributed by atoms with Crippen LogP contribution >= 0.6 is 0 Å². The number of hydrogen-bond donors (Lipinski definition) is 1. The molecule has 1 unspecified atom stereocenters. The summed E-state index contributed by atoms with van der Waals surface area (Å²) in [5, 5.41) is 0. The van der Waals surface area contributed by atoms with E-state index in [0.29, 0.717) is 0 Å². The quantitative estimate of drug-likeness (QED) is 0.842. The number of aromatic amines is 1. The fourth-order valence-electron chi connectivity index (χ4n) is 1.62. The number of alkyl halides is 3. The zero-order valence-corrected chi connectivity index (χ0v) is 12.5. The third kappa shape index (κ3) is 4.97. The second-order valence-corrected chi connectivity index (χ2v) is 10.4. The molecule has 5 nitrogen and oxygen atoms in total. The van der Waals surface area contributed by atoms with Crippen molar-refractivity contribution in [1.82, 2.24) is 9.55 Å². The molecule has 1 rings (SSSR count). The fourth-order valence-corrected chi connectivity index (χ4v) is 3.47. The number of rotatable bonds is 5. The molecular weight excluding hydrogens is 293 g/mol. The van der Waals surface area contributed by atoms with Gasteiger partial charge in [-0.1, -0.05) is 13.1 Å². The first-order valence-electron chi connectivity index (χ1n) is 5.99. The molecule has 0 fully saturated rings. The molecule has 0 aromatic carbocycles. The molecule has 0 aliphatic rings. The Morgan fingerprint density at radius 1 is 1.40 bits per heavy atom. The summed E-state index contributed by atoms with van der Waals surface area (Å²) in [5.41, 5.74) is -1.77. The summed E-state index contributed by atoms with van der Waals surface area (Å²) in [4.78, 5) is 24.3. The number of H-pyrrole nitrogens is 1. The topological polar surface area (TPSA) is 64.1 Å². The molecule has 0 radical (unpaired) electrons. The van der Waals surface area contributed by atoms with Crippen LogP contribution in [0.1, 0.15) is 6.92 Å². The average Bonchev–Trinajstić information content (AvgIpc) is 2.24. The third-order valence-corrected chi connectivity index (χ3v) is 6.80. The minimum Gasteiger partial charge on any atom is -0.361 e. The van der Waals surface area contributed by atoms with Gasteiger partial charge in [0.2, 0.25) is 0 Å². The molecule has 1 aromatic rings. The smallest absolute Gasteiger partial charge is 0.361 e. The molecule has 20 heavy (non-hydrogen) atoms. The van der Waals surface area contributed by atoms with Crippen molar-refractivity contribution < 1.29 is 17.9 Å². The maximum atomic E-state index is 12.5. The first-order chi connectivity index (χ1) is 9.01. The molecule has 0 saturated heterocycles. The summed E-state index contributed by atoms with van der Waals surface area (Å²) in [6.45, 7) is 4.56. The van der Waals surface area contributed by atoms with Crippen LogP contribution in [-0.4, -0.2) is 29.5 Å². The zero-order chi connectivity index (χ0) is 15.6. The Balaban J connectivity index is 2.69.